The first-order valence-corrected chi connectivity index (χ1v) is 13.7. The summed E-state index contributed by atoms with van der Waals surface area (Å²) in [5, 5.41) is 0. The summed E-state index contributed by atoms with van der Waals surface area (Å²) in [4.78, 5) is 14.7. The Bertz CT molecular complexity index is 1420. The van der Waals surface area contributed by atoms with E-state index in [4.69, 9.17) is 13.9 Å². The number of thioether (sulfide) groups is 1. The van der Waals surface area contributed by atoms with E-state index in [-0.39, 0.29) is 6.61 Å². The van der Waals surface area contributed by atoms with Crippen LogP contribution in [0.25, 0.3) is 11.3 Å². The summed E-state index contributed by atoms with van der Waals surface area (Å²) < 4.78 is 55.9. The largest absolute Gasteiger partial charge is 0.482 e. The Labute approximate surface area is 235 Å². The van der Waals surface area contributed by atoms with E-state index >= 15 is 0 Å². The van der Waals surface area contributed by atoms with Crippen LogP contribution < -0.4 is 9.64 Å². The zero-order chi connectivity index (χ0) is 28.7. The van der Waals surface area contributed by atoms with Crippen LogP contribution in [0.1, 0.15) is 29.4 Å². The molecule has 0 saturated carbocycles. The van der Waals surface area contributed by atoms with E-state index in [0.29, 0.717) is 36.0 Å². The average molecular weight is 570 g/mol. The van der Waals surface area contributed by atoms with Gasteiger partial charge in [-0.2, -0.15) is 13.2 Å². The number of alkyl halides is 3. The Hall–Kier alpha value is -3.85. The number of halogens is 3. The Balaban J connectivity index is 1.53. The predicted octanol–water partition coefficient (Wildman–Crippen LogP) is 8.14. The molecule has 0 radical (unpaired) electrons. The van der Waals surface area contributed by atoms with Gasteiger partial charge in [0, 0.05) is 34.5 Å². The van der Waals surface area contributed by atoms with Gasteiger partial charge in [0.15, 0.2) is 6.61 Å². The summed E-state index contributed by atoms with van der Waals surface area (Å²) in [6, 6.07) is 22.5. The zero-order valence-electron chi connectivity index (χ0n) is 22.5. The van der Waals surface area contributed by atoms with Crippen LogP contribution in [0, 0.1) is 6.92 Å². The molecule has 0 atom stereocenters. The van der Waals surface area contributed by atoms with Crippen molar-refractivity contribution in [2.24, 2.45) is 0 Å². The number of hydrogen-bond donors (Lipinski definition) is 0. The molecule has 0 amide bonds. The number of nitrogens with zero attached hydrogens (tertiary/aromatic N) is 1. The number of carbonyl (C=O) groups excluding carboxylic acids is 1. The number of furan rings is 1. The first-order valence-electron chi connectivity index (χ1n) is 12.7. The first-order chi connectivity index (χ1) is 19.1. The second-order valence-corrected chi connectivity index (χ2v) is 10.2. The fourth-order valence-electron chi connectivity index (χ4n) is 4.05. The van der Waals surface area contributed by atoms with Crippen LogP contribution in [0.5, 0.6) is 5.75 Å². The third kappa shape index (κ3) is 7.63. The summed E-state index contributed by atoms with van der Waals surface area (Å²) in [6.07, 6.45) is -4.40. The third-order valence-electron chi connectivity index (χ3n) is 6.16. The molecular formula is C31H30F3NO4S. The van der Waals surface area contributed by atoms with Crippen LogP contribution >= 0.6 is 11.8 Å². The van der Waals surface area contributed by atoms with Gasteiger partial charge in [0.25, 0.3) is 0 Å². The number of para-hydroxylation sites is 1. The minimum Gasteiger partial charge on any atom is -0.482 e. The second kappa shape index (κ2) is 13.0. The van der Waals surface area contributed by atoms with Crippen molar-refractivity contribution >= 4 is 23.4 Å². The van der Waals surface area contributed by atoms with Gasteiger partial charge in [0.05, 0.1) is 18.7 Å². The smallest absolute Gasteiger partial charge is 0.416 e. The number of carbonyl (C=O) groups is 1. The van der Waals surface area contributed by atoms with Crippen molar-refractivity contribution < 1.29 is 31.9 Å². The lowest BCUT2D eigenvalue weighted by Gasteiger charge is -2.18. The number of hydrogen-bond acceptors (Lipinski definition) is 6. The number of esters is 1. The third-order valence-corrected chi connectivity index (χ3v) is 7.21. The topological polar surface area (TPSA) is 51.9 Å². The Morgan fingerprint density at radius 3 is 2.38 bits per heavy atom. The van der Waals surface area contributed by atoms with Crippen molar-refractivity contribution in [2.75, 3.05) is 25.2 Å². The van der Waals surface area contributed by atoms with E-state index in [1.54, 1.807) is 18.7 Å². The van der Waals surface area contributed by atoms with E-state index in [1.165, 1.54) is 12.1 Å². The molecule has 4 rings (SSSR count). The summed E-state index contributed by atoms with van der Waals surface area (Å²) in [7, 11) is 1.96. The first kappa shape index (κ1) is 29.1. The van der Waals surface area contributed by atoms with Crippen molar-refractivity contribution in [3.8, 4) is 17.1 Å². The number of benzene rings is 3. The highest BCUT2D eigenvalue weighted by molar-refractivity contribution is 7.98. The van der Waals surface area contributed by atoms with Gasteiger partial charge in [-0.15, -0.1) is 11.8 Å². The quantitative estimate of drug-likeness (QED) is 0.134. The average Bonchev–Trinajstić information content (AvgIpc) is 3.34. The van der Waals surface area contributed by atoms with Crippen LogP contribution in [-0.2, 0) is 28.0 Å². The molecule has 0 unspecified atom stereocenters. The van der Waals surface area contributed by atoms with Gasteiger partial charge < -0.3 is 18.8 Å². The Morgan fingerprint density at radius 1 is 1.00 bits per heavy atom. The molecular weight excluding hydrogens is 539 g/mol. The zero-order valence-corrected chi connectivity index (χ0v) is 23.3. The van der Waals surface area contributed by atoms with Crippen molar-refractivity contribution in [1.82, 2.24) is 0 Å². The minimum atomic E-state index is -4.40. The molecule has 0 aliphatic carbocycles. The maximum absolute atomic E-state index is 13.1. The van der Waals surface area contributed by atoms with Crippen molar-refractivity contribution in [3.63, 3.8) is 0 Å². The van der Waals surface area contributed by atoms with Gasteiger partial charge in [0.1, 0.15) is 17.3 Å². The number of aryl methyl sites for hydroxylation is 1. The van der Waals surface area contributed by atoms with Crippen LogP contribution in [0.15, 0.2) is 88.2 Å². The van der Waals surface area contributed by atoms with Crippen molar-refractivity contribution in [3.05, 3.63) is 101 Å². The SMILES string of the molecule is CCOC(=O)COc1ccc(SCc2cc(-c3ccc(C(F)(F)F)cc3)oc2CN(C)c2ccccc2)cc1C. The number of ether oxygens (including phenoxy) is 2. The van der Waals surface area contributed by atoms with Crippen LogP contribution in [0.3, 0.4) is 0 Å². The Kier molecular flexibility index (Phi) is 9.47. The normalized spacial score (nSPS) is 11.3. The molecule has 4 aromatic rings. The standard InChI is InChI=1S/C31H30F3NO4S/c1-4-37-30(36)19-38-27-15-14-26(16-21(27)2)40-20-23-17-28(22-10-12-24(13-11-22)31(32,33)34)39-29(23)18-35(3)25-8-6-5-7-9-25/h5-17H,4,18-20H2,1-3H3. The van der Waals surface area contributed by atoms with Gasteiger partial charge in [-0.3, -0.25) is 0 Å². The molecule has 0 bridgehead atoms. The molecule has 1 aromatic heterocycles. The lowest BCUT2D eigenvalue weighted by molar-refractivity contribution is -0.145. The summed E-state index contributed by atoms with van der Waals surface area (Å²) >= 11 is 1.61. The van der Waals surface area contributed by atoms with Crippen LogP contribution in [0.2, 0.25) is 0 Å². The summed E-state index contributed by atoms with van der Waals surface area (Å²) in [5.41, 5.74) is 2.72. The molecule has 0 N–H and O–H groups in total. The van der Waals surface area contributed by atoms with Crippen molar-refractivity contribution in [2.45, 2.75) is 37.2 Å². The van der Waals surface area contributed by atoms with E-state index < -0.39 is 17.7 Å². The van der Waals surface area contributed by atoms with E-state index in [1.807, 2.05) is 68.6 Å². The minimum absolute atomic E-state index is 0.152. The second-order valence-electron chi connectivity index (χ2n) is 9.14. The molecule has 0 saturated heterocycles. The van der Waals surface area contributed by atoms with Gasteiger partial charge >= 0.3 is 12.1 Å². The van der Waals surface area contributed by atoms with E-state index in [2.05, 4.69) is 4.90 Å². The van der Waals surface area contributed by atoms with Gasteiger partial charge in [-0.05, 0) is 67.9 Å². The lowest BCUT2D eigenvalue weighted by atomic mass is 10.1. The van der Waals surface area contributed by atoms with Crippen LogP contribution in [0.4, 0.5) is 18.9 Å². The van der Waals surface area contributed by atoms with Gasteiger partial charge in [-0.1, -0.05) is 30.3 Å². The number of anilines is 1. The molecule has 5 nitrogen and oxygen atoms in total. The highest BCUT2D eigenvalue weighted by Crippen LogP contribution is 2.35. The van der Waals surface area contributed by atoms with Crippen LogP contribution in [-0.4, -0.2) is 26.2 Å². The van der Waals surface area contributed by atoms with E-state index in [9.17, 15) is 18.0 Å². The van der Waals surface area contributed by atoms with Gasteiger partial charge in [-0.25, -0.2) is 4.79 Å². The summed E-state index contributed by atoms with van der Waals surface area (Å²) in [5.74, 6) is 2.03. The molecule has 210 valence electrons. The highest BCUT2D eigenvalue weighted by Gasteiger charge is 2.30. The van der Waals surface area contributed by atoms with Gasteiger partial charge in [0.2, 0.25) is 0 Å². The van der Waals surface area contributed by atoms with E-state index in [0.717, 1.165) is 39.6 Å². The molecule has 40 heavy (non-hydrogen) atoms. The molecule has 0 spiro atoms. The molecule has 3 aromatic carbocycles. The molecule has 9 heteroatoms. The molecule has 1 heterocycles. The predicted molar refractivity (Wildman–Crippen MR) is 151 cm³/mol. The molecule has 0 fully saturated rings. The highest BCUT2D eigenvalue weighted by atomic mass is 32.2. The van der Waals surface area contributed by atoms with Crippen molar-refractivity contribution in [1.29, 1.82) is 0 Å². The monoisotopic (exact) mass is 569 g/mol. The molecule has 0 aliphatic rings. The summed E-state index contributed by atoms with van der Waals surface area (Å²) in [6.45, 7) is 4.29. The maximum Gasteiger partial charge on any atom is 0.416 e. The Morgan fingerprint density at radius 2 is 1.73 bits per heavy atom. The number of rotatable bonds is 11. The fourth-order valence-corrected chi connectivity index (χ4v) is 5.04. The lowest BCUT2D eigenvalue weighted by Crippen LogP contribution is -2.16. The fraction of sp³-hybridized carbons (Fsp3) is 0.258. The maximum atomic E-state index is 13.1. The molecule has 0 aliphatic heterocycles.